The van der Waals surface area contributed by atoms with Gasteiger partial charge in [0.25, 0.3) is 5.69 Å². The molecule has 0 radical (unpaired) electrons. The van der Waals surface area contributed by atoms with Gasteiger partial charge in [0.15, 0.2) is 0 Å². The van der Waals surface area contributed by atoms with E-state index in [1.165, 1.54) is 12.1 Å². The Morgan fingerprint density at radius 3 is 2.89 bits per heavy atom. The van der Waals surface area contributed by atoms with Gasteiger partial charge in [-0.25, -0.2) is 0 Å². The summed E-state index contributed by atoms with van der Waals surface area (Å²) >= 11 is 5.92. The molecule has 1 aromatic rings. The molecule has 0 saturated carbocycles. The van der Waals surface area contributed by atoms with Gasteiger partial charge in [-0.05, 0) is 13.0 Å². The van der Waals surface area contributed by atoms with Crippen LogP contribution in [0.15, 0.2) is 18.2 Å². The van der Waals surface area contributed by atoms with Crippen LogP contribution in [0.4, 0.5) is 11.4 Å². The summed E-state index contributed by atoms with van der Waals surface area (Å²) in [6.07, 6.45) is -0.326. The van der Waals surface area contributed by atoms with E-state index >= 15 is 0 Å². The molecule has 1 rings (SSSR count). The predicted molar refractivity (Wildman–Crippen MR) is 69.9 cm³/mol. The van der Waals surface area contributed by atoms with Crippen LogP contribution in [0, 0.1) is 10.1 Å². The first-order valence-corrected chi connectivity index (χ1v) is 6.06. The summed E-state index contributed by atoms with van der Waals surface area (Å²) in [5.74, 6) is 0. The van der Waals surface area contributed by atoms with Gasteiger partial charge >= 0.3 is 0 Å². The molecule has 18 heavy (non-hydrogen) atoms. The number of hydrogen-bond donors (Lipinski definition) is 3. The van der Waals surface area contributed by atoms with Crippen molar-refractivity contribution in [3.63, 3.8) is 0 Å². The molecular weight excluding hydrogens is 258 g/mol. The lowest BCUT2D eigenvalue weighted by Gasteiger charge is -2.08. The molecule has 1 aromatic carbocycles. The van der Waals surface area contributed by atoms with Crippen LogP contribution in [-0.2, 0) is 0 Å². The van der Waals surface area contributed by atoms with E-state index in [0.717, 1.165) is 6.54 Å². The molecule has 4 N–H and O–H groups in total. The van der Waals surface area contributed by atoms with E-state index < -0.39 is 4.92 Å². The average Bonchev–Trinajstić information content (AvgIpc) is 2.29. The molecule has 0 aliphatic rings. The molecule has 0 fully saturated rings. The Kier molecular flexibility index (Phi) is 5.84. The quantitative estimate of drug-likeness (QED) is 0.386. The largest absolute Gasteiger partial charge is 0.388 e. The van der Waals surface area contributed by atoms with Crippen molar-refractivity contribution in [2.45, 2.75) is 13.0 Å². The number of nitro benzene ring substituents is 1. The minimum absolute atomic E-state index is 0.0220. The van der Waals surface area contributed by atoms with Crippen LogP contribution >= 0.6 is 11.6 Å². The molecule has 0 bridgehead atoms. The molecule has 0 aliphatic heterocycles. The number of aliphatic hydroxyl groups is 1. The number of quaternary nitrogens is 1. The van der Waals surface area contributed by atoms with Crippen LogP contribution in [0.1, 0.15) is 6.92 Å². The Labute approximate surface area is 110 Å². The zero-order valence-electron chi connectivity index (χ0n) is 10.1. The number of halogens is 1. The van der Waals surface area contributed by atoms with Gasteiger partial charge in [-0.1, -0.05) is 11.6 Å². The van der Waals surface area contributed by atoms with Gasteiger partial charge in [-0.2, -0.15) is 0 Å². The molecule has 1 atom stereocenters. The Bertz CT molecular complexity index is 413. The number of nitrogens with zero attached hydrogens (tertiary/aromatic N) is 1. The number of nitrogens with two attached hydrogens (primary N) is 1. The van der Waals surface area contributed by atoms with Gasteiger partial charge in [0.05, 0.1) is 34.8 Å². The lowest BCUT2D eigenvalue weighted by Crippen LogP contribution is -2.87. The number of nitrogens with one attached hydrogen (secondary N) is 1. The van der Waals surface area contributed by atoms with Crippen molar-refractivity contribution < 1.29 is 15.3 Å². The number of benzene rings is 1. The van der Waals surface area contributed by atoms with Crippen LogP contribution in [0.25, 0.3) is 0 Å². The van der Waals surface area contributed by atoms with Gasteiger partial charge in [0, 0.05) is 12.1 Å². The van der Waals surface area contributed by atoms with Gasteiger partial charge in [-0.3, -0.25) is 10.1 Å². The summed E-state index contributed by atoms with van der Waals surface area (Å²) in [7, 11) is 0. The van der Waals surface area contributed by atoms with E-state index in [2.05, 4.69) is 5.32 Å². The zero-order chi connectivity index (χ0) is 13.5. The second-order valence-electron chi connectivity index (χ2n) is 4.01. The molecular formula is C11H17ClN3O3+. The smallest absolute Gasteiger partial charge is 0.271 e. The van der Waals surface area contributed by atoms with Crippen molar-refractivity contribution in [3.8, 4) is 0 Å². The van der Waals surface area contributed by atoms with Gasteiger partial charge < -0.3 is 15.7 Å². The third kappa shape index (κ3) is 4.87. The fraction of sp³-hybridized carbons (Fsp3) is 0.455. The van der Waals surface area contributed by atoms with E-state index in [4.69, 9.17) is 16.7 Å². The SMILES string of the molecule is C[C@@H](O)C[NH2+]CCNc1ccc([N+](=O)[O-])cc1Cl. The maximum Gasteiger partial charge on any atom is 0.271 e. The first-order chi connectivity index (χ1) is 8.50. The van der Waals surface area contributed by atoms with Crippen molar-refractivity contribution in [2.24, 2.45) is 0 Å². The number of rotatable bonds is 7. The Balaban J connectivity index is 2.41. The first kappa shape index (κ1) is 14.7. The van der Waals surface area contributed by atoms with E-state index in [-0.39, 0.29) is 11.8 Å². The first-order valence-electron chi connectivity index (χ1n) is 5.68. The van der Waals surface area contributed by atoms with E-state index in [9.17, 15) is 10.1 Å². The summed E-state index contributed by atoms with van der Waals surface area (Å²) in [4.78, 5) is 10.0. The molecule has 0 unspecified atom stereocenters. The maximum absolute atomic E-state index is 10.5. The second-order valence-corrected chi connectivity index (χ2v) is 4.42. The summed E-state index contributed by atoms with van der Waals surface area (Å²) in [5, 5.41) is 25.0. The van der Waals surface area contributed by atoms with Crippen LogP contribution in [0.3, 0.4) is 0 Å². The Morgan fingerprint density at radius 1 is 1.61 bits per heavy atom. The fourth-order valence-corrected chi connectivity index (χ4v) is 1.67. The third-order valence-electron chi connectivity index (χ3n) is 2.34. The normalized spacial score (nSPS) is 12.2. The highest BCUT2D eigenvalue weighted by atomic mass is 35.5. The van der Waals surface area contributed by atoms with Gasteiger partial charge in [-0.15, -0.1) is 0 Å². The second kappa shape index (κ2) is 7.15. The standard InChI is InChI=1S/C11H16ClN3O3/c1-8(16)7-13-4-5-14-11-3-2-9(15(17)18)6-10(11)12/h2-3,6,8,13-14,16H,4-5,7H2,1H3/p+1/t8-/m1/s1. The Morgan fingerprint density at radius 2 is 2.33 bits per heavy atom. The molecule has 0 heterocycles. The van der Waals surface area contributed by atoms with Crippen molar-refractivity contribution in [2.75, 3.05) is 25.0 Å². The Hall–Kier alpha value is -1.37. The molecule has 0 amide bonds. The fourth-order valence-electron chi connectivity index (χ4n) is 1.43. The molecule has 7 heteroatoms. The summed E-state index contributed by atoms with van der Waals surface area (Å²) in [6.45, 7) is 3.84. The lowest BCUT2D eigenvalue weighted by atomic mass is 10.3. The zero-order valence-corrected chi connectivity index (χ0v) is 10.9. The van der Waals surface area contributed by atoms with E-state index in [1.807, 2.05) is 5.32 Å². The summed E-state index contributed by atoms with van der Waals surface area (Å²) < 4.78 is 0. The molecule has 100 valence electrons. The van der Waals surface area contributed by atoms with Crippen LogP contribution in [-0.4, -0.2) is 35.8 Å². The molecule has 0 spiro atoms. The number of aliphatic hydroxyl groups excluding tert-OH is 1. The van der Waals surface area contributed by atoms with Crippen LogP contribution < -0.4 is 10.6 Å². The number of nitro groups is 1. The minimum Gasteiger partial charge on any atom is -0.388 e. The maximum atomic E-state index is 10.5. The van der Waals surface area contributed by atoms with E-state index in [1.54, 1.807) is 13.0 Å². The van der Waals surface area contributed by atoms with E-state index in [0.29, 0.717) is 23.8 Å². The minimum atomic E-state index is -0.480. The average molecular weight is 275 g/mol. The summed E-state index contributed by atoms with van der Waals surface area (Å²) in [5.41, 5.74) is 0.652. The van der Waals surface area contributed by atoms with Crippen LogP contribution in [0.2, 0.25) is 5.02 Å². The number of hydrogen-bond acceptors (Lipinski definition) is 4. The van der Waals surface area contributed by atoms with Crippen molar-refractivity contribution in [3.05, 3.63) is 33.3 Å². The summed E-state index contributed by atoms with van der Waals surface area (Å²) in [6, 6.07) is 4.33. The molecule has 0 aliphatic carbocycles. The highest BCUT2D eigenvalue weighted by molar-refractivity contribution is 6.33. The van der Waals surface area contributed by atoms with Crippen LogP contribution in [0.5, 0.6) is 0 Å². The van der Waals surface area contributed by atoms with Crippen molar-refractivity contribution in [1.29, 1.82) is 0 Å². The van der Waals surface area contributed by atoms with Gasteiger partial charge in [0.1, 0.15) is 6.54 Å². The topological polar surface area (TPSA) is 92.0 Å². The van der Waals surface area contributed by atoms with Crippen molar-refractivity contribution in [1.82, 2.24) is 0 Å². The monoisotopic (exact) mass is 274 g/mol. The molecule has 6 nitrogen and oxygen atoms in total. The molecule has 0 aromatic heterocycles. The number of non-ortho nitro benzene ring substituents is 1. The molecule has 0 saturated heterocycles. The highest BCUT2D eigenvalue weighted by Gasteiger charge is 2.09. The predicted octanol–water partition coefficient (Wildman–Crippen LogP) is 0.604. The number of anilines is 1. The highest BCUT2D eigenvalue weighted by Crippen LogP contribution is 2.26. The lowest BCUT2D eigenvalue weighted by molar-refractivity contribution is -0.657. The van der Waals surface area contributed by atoms with Crippen molar-refractivity contribution >= 4 is 23.0 Å². The van der Waals surface area contributed by atoms with Gasteiger partial charge in [0.2, 0.25) is 0 Å². The third-order valence-corrected chi connectivity index (χ3v) is 2.65.